The zero-order chi connectivity index (χ0) is 11.7. The number of halogens is 3. The highest BCUT2D eigenvalue weighted by Crippen LogP contribution is 2.23. The Morgan fingerprint density at radius 3 is 2.56 bits per heavy atom. The SMILES string of the molecule is O=C(c1ccc(Br)o1)c1cc(F)ccc1Br. The first-order valence-corrected chi connectivity index (χ1v) is 5.91. The van der Waals surface area contributed by atoms with Crippen molar-refractivity contribution in [3.8, 4) is 0 Å². The molecule has 0 aliphatic carbocycles. The second-order valence-corrected chi connectivity index (χ2v) is 4.69. The molecule has 2 nitrogen and oxygen atoms in total. The van der Waals surface area contributed by atoms with E-state index in [4.69, 9.17) is 4.42 Å². The van der Waals surface area contributed by atoms with Crippen molar-refractivity contribution in [1.82, 2.24) is 0 Å². The minimum Gasteiger partial charge on any atom is -0.446 e. The molecule has 0 unspecified atom stereocenters. The maximum Gasteiger partial charge on any atom is 0.229 e. The summed E-state index contributed by atoms with van der Waals surface area (Å²) in [6.07, 6.45) is 0. The lowest BCUT2D eigenvalue weighted by molar-refractivity contribution is 0.101. The predicted molar refractivity (Wildman–Crippen MR) is 63.9 cm³/mol. The fraction of sp³-hybridized carbons (Fsp3) is 0. The number of furan rings is 1. The van der Waals surface area contributed by atoms with Crippen molar-refractivity contribution in [2.24, 2.45) is 0 Å². The summed E-state index contributed by atoms with van der Waals surface area (Å²) in [5.41, 5.74) is 0.238. The molecule has 0 atom stereocenters. The molecule has 2 aromatic rings. The molecule has 0 saturated carbocycles. The monoisotopic (exact) mass is 346 g/mol. The molecule has 1 aromatic heterocycles. The summed E-state index contributed by atoms with van der Waals surface area (Å²) in [5, 5.41) is 0. The van der Waals surface area contributed by atoms with Crippen LogP contribution in [0.25, 0.3) is 0 Å². The first-order chi connectivity index (χ1) is 7.58. The molecule has 0 amide bonds. The summed E-state index contributed by atoms with van der Waals surface area (Å²) >= 11 is 6.30. The third-order valence-corrected chi connectivity index (χ3v) is 3.09. The number of benzene rings is 1. The van der Waals surface area contributed by atoms with Gasteiger partial charge in [0.2, 0.25) is 5.78 Å². The smallest absolute Gasteiger partial charge is 0.229 e. The number of hydrogen-bond donors (Lipinski definition) is 0. The molecule has 0 N–H and O–H groups in total. The van der Waals surface area contributed by atoms with Gasteiger partial charge in [0.1, 0.15) is 5.82 Å². The Morgan fingerprint density at radius 1 is 1.19 bits per heavy atom. The second-order valence-electron chi connectivity index (χ2n) is 3.06. The maximum atomic E-state index is 13.0. The minimum absolute atomic E-state index is 0.165. The lowest BCUT2D eigenvalue weighted by atomic mass is 10.1. The summed E-state index contributed by atoms with van der Waals surface area (Å²) in [5.74, 6) is -0.660. The summed E-state index contributed by atoms with van der Waals surface area (Å²) < 4.78 is 19.1. The Bertz CT molecular complexity index is 549. The van der Waals surface area contributed by atoms with Crippen molar-refractivity contribution in [1.29, 1.82) is 0 Å². The van der Waals surface area contributed by atoms with Crippen LogP contribution >= 0.6 is 31.9 Å². The van der Waals surface area contributed by atoms with E-state index in [9.17, 15) is 9.18 Å². The average Bonchev–Trinajstić information content (AvgIpc) is 2.67. The van der Waals surface area contributed by atoms with Gasteiger partial charge >= 0.3 is 0 Å². The number of ketones is 1. The van der Waals surface area contributed by atoms with Crippen LogP contribution in [-0.4, -0.2) is 5.78 Å². The fourth-order valence-electron chi connectivity index (χ4n) is 1.24. The molecule has 5 heteroatoms. The maximum absolute atomic E-state index is 13.0. The van der Waals surface area contributed by atoms with E-state index in [1.54, 1.807) is 6.07 Å². The molecule has 1 aromatic carbocycles. The second kappa shape index (κ2) is 4.51. The standard InChI is InChI=1S/C11H5Br2FO2/c12-8-2-1-6(14)5-7(8)11(15)9-3-4-10(13)16-9/h1-5H. The van der Waals surface area contributed by atoms with E-state index in [0.29, 0.717) is 9.14 Å². The van der Waals surface area contributed by atoms with Gasteiger partial charge in [-0.1, -0.05) is 15.9 Å². The van der Waals surface area contributed by atoms with E-state index in [-0.39, 0.29) is 17.1 Å². The average molecular weight is 348 g/mol. The van der Waals surface area contributed by atoms with Gasteiger partial charge in [0.15, 0.2) is 10.4 Å². The minimum atomic E-state index is -0.461. The first kappa shape index (κ1) is 11.5. The summed E-state index contributed by atoms with van der Waals surface area (Å²) in [6, 6.07) is 7.08. The molecule has 16 heavy (non-hydrogen) atoms. The molecule has 1 heterocycles. The van der Waals surface area contributed by atoms with Gasteiger partial charge in [0, 0.05) is 10.0 Å². The quantitative estimate of drug-likeness (QED) is 0.763. The van der Waals surface area contributed by atoms with Crippen LogP contribution in [0.2, 0.25) is 0 Å². The van der Waals surface area contributed by atoms with E-state index in [1.807, 2.05) is 0 Å². The Balaban J connectivity index is 2.45. The van der Waals surface area contributed by atoms with E-state index in [1.165, 1.54) is 24.3 Å². The van der Waals surface area contributed by atoms with E-state index in [2.05, 4.69) is 31.9 Å². The molecule has 0 fully saturated rings. The lowest BCUT2D eigenvalue weighted by Gasteiger charge is -2.01. The summed E-state index contributed by atoms with van der Waals surface area (Å²) in [7, 11) is 0. The molecule has 0 spiro atoms. The van der Waals surface area contributed by atoms with Gasteiger partial charge in [-0.25, -0.2) is 4.39 Å². The third kappa shape index (κ3) is 2.25. The number of carbonyl (C=O) groups is 1. The largest absolute Gasteiger partial charge is 0.446 e. The van der Waals surface area contributed by atoms with Crippen molar-refractivity contribution < 1.29 is 13.6 Å². The molecule has 0 radical (unpaired) electrons. The van der Waals surface area contributed by atoms with Crippen molar-refractivity contribution in [2.45, 2.75) is 0 Å². The van der Waals surface area contributed by atoms with E-state index in [0.717, 1.165) is 0 Å². The topological polar surface area (TPSA) is 30.2 Å². The highest BCUT2D eigenvalue weighted by Gasteiger charge is 2.16. The molecular weight excluding hydrogens is 343 g/mol. The predicted octanol–water partition coefficient (Wildman–Crippen LogP) is 4.17. The lowest BCUT2D eigenvalue weighted by Crippen LogP contribution is -2.01. The van der Waals surface area contributed by atoms with Gasteiger partial charge in [-0.3, -0.25) is 4.79 Å². The first-order valence-electron chi connectivity index (χ1n) is 4.33. The highest BCUT2D eigenvalue weighted by molar-refractivity contribution is 9.10. The molecule has 0 aliphatic heterocycles. The zero-order valence-corrected chi connectivity index (χ0v) is 11.0. The Hall–Kier alpha value is -0.940. The Labute approximate surface area is 108 Å². The van der Waals surface area contributed by atoms with Crippen molar-refractivity contribution in [3.05, 3.63) is 56.6 Å². The van der Waals surface area contributed by atoms with E-state index < -0.39 is 5.82 Å². The Kier molecular flexibility index (Phi) is 3.25. The van der Waals surface area contributed by atoms with Gasteiger partial charge in [0.25, 0.3) is 0 Å². The van der Waals surface area contributed by atoms with Crippen LogP contribution in [-0.2, 0) is 0 Å². The van der Waals surface area contributed by atoms with Crippen LogP contribution in [0.5, 0.6) is 0 Å². The third-order valence-electron chi connectivity index (χ3n) is 1.97. The molecular formula is C11H5Br2FO2. The van der Waals surface area contributed by atoms with Gasteiger partial charge in [-0.05, 0) is 46.3 Å². The number of hydrogen-bond acceptors (Lipinski definition) is 2. The summed E-state index contributed by atoms with van der Waals surface area (Å²) in [4.78, 5) is 11.9. The summed E-state index contributed by atoms with van der Waals surface area (Å²) in [6.45, 7) is 0. The Morgan fingerprint density at radius 2 is 1.94 bits per heavy atom. The molecule has 0 bridgehead atoms. The molecule has 0 saturated heterocycles. The van der Waals surface area contributed by atoms with Crippen LogP contribution in [0.4, 0.5) is 4.39 Å². The van der Waals surface area contributed by atoms with Crippen molar-refractivity contribution in [3.63, 3.8) is 0 Å². The number of rotatable bonds is 2. The highest BCUT2D eigenvalue weighted by atomic mass is 79.9. The van der Waals surface area contributed by atoms with Crippen molar-refractivity contribution in [2.75, 3.05) is 0 Å². The molecule has 82 valence electrons. The fourth-order valence-corrected chi connectivity index (χ4v) is 1.97. The van der Waals surface area contributed by atoms with Crippen LogP contribution in [0.15, 0.2) is 43.9 Å². The van der Waals surface area contributed by atoms with Gasteiger partial charge < -0.3 is 4.42 Å². The van der Waals surface area contributed by atoms with Gasteiger partial charge in [0.05, 0.1) is 0 Å². The van der Waals surface area contributed by atoms with Crippen LogP contribution < -0.4 is 0 Å². The molecule has 2 rings (SSSR count). The van der Waals surface area contributed by atoms with Crippen LogP contribution in [0.3, 0.4) is 0 Å². The molecule has 0 aliphatic rings. The normalized spacial score (nSPS) is 10.4. The van der Waals surface area contributed by atoms with Gasteiger partial charge in [-0.15, -0.1) is 0 Å². The zero-order valence-electron chi connectivity index (χ0n) is 7.84. The van der Waals surface area contributed by atoms with Crippen molar-refractivity contribution >= 4 is 37.6 Å². The van der Waals surface area contributed by atoms with E-state index >= 15 is 0 Å². The van der Waals surface area contributed by atoms with Crippen LogP contribution in [0, 0.1) is 5.82 Å². The number of carbonyl (C=O) groups excluding carboxylic acids is 1. The van der Waals surface area contributed by atoms with Crippen LogP contribution in [0.1, 0.15) is 16.1 Å². The van der Waals surface area contributed by atoms with Gasteiger partial charge in [-0.2, -0.15) is 0 Å².